The quantitative estimate of drug-likeness (QED) is 0.724. The summed E-state index contributed by atoms with van der Waals surface area (Å²) in [6.45, 7) is 0. The molecule has 0 N–H and O–H groups in total. The zero-order valence-corrected chi connectivity index (χ0v) is 9.95. The van der Waals surface area contributed by atoms with Crippen molar-refractivity contribution >= 4 is 17.4 Å². The molecule has 0 bridgehead atoms. The van der Waals surface area contributed by atoms with Crippen LogP contribution in [0.4, 0.5) is 0 Å². The van der Waals surface area contributed by atoms with Gasteiger partial charge in [0.2, 0.25) is 0 Å². The van der Waals surface area contributed by atoms with Crippen molar-refractivity contribution in [2.45, 2.75) is 6.42 Å². The van der Waals surface area contributed by atoms with Crippen LogP contribution in [0.1, 0.15) is 11.1 Å². The highest BCUT2D eigenvalue weighted by atomic mass is 35.5. The Morgan fingerprint density at radius 1 is 1.00 bits per heavy atom. The first-order valence-electron chi connectivity index (χ1n) is 5.55. The molecule has 2 aromatic rings. The second-order valence-electron chi connectivity index (χ2n) is 3.99. The molecule has 0 fully saturated rings. The van der Waals surface area contributed by atoms with Crippen molar-refractivity contribution in [1.82, 2.24) is 0 Å². The van der Waals surface area contributed by atoms with Crippen LogP contribution in [0.5, 0.6) is 5.75 Å². The number of ether oxygens (including phenoxy) is 1. The van der Waals surface area contributed by atoms with Gasteiger partial charge in [0.25, 0.3) is 0 Å². The molecule has 3 rings (SSSR count). The predicted molar refractivity (Wildman–Crippen MR) is 70.2 cm³/mol. The summed E-state index contributed by atoms with van der Waals surface area (Å²) in [7, 11) is 0. The highest BCUT2D eigenvalue weighted by Gasteiger charge is 2.13. The van der Waals surface area contributed by atoms with Gasteiger partial charge in [-0.05, 0) is 30.2 Å². The van der Waals surface area contributed by atoms with Crippen molar-refractivity contribution in [2.24, 2.45) is 0 Å². The zero-order valence-electron chi connectivity index (χ0n) is 9.19. The lowest BCUT2D eigenvalue weighted by Gasteiger charge is -2.18. The molecule has 0 aliphatic carbocycles. The lowest BCUT2D eigenvalue weighted by Crippen LogP contribution is -2.03. The van der Waals surface area contributed by atoms with Crippen molar-refractivity contribution in [3.63, 3.8) is 0 Å². The molecular weight excluding hydrogens is 232 g/mol. The van der Waals surface area contributed by atoms with Crippen LogP contribution in [0.2, 0.25) is 5.02 Å². The van der Waals surface area contributed by atoms with E-state index in [4.69, 9.17) is 16.3 Å². The Hall–Kier alpha value is -1.73. The van der Waals surface area contributed by atoms with Gasteiger partial charge < -0.3 is 4.74 Å². The minimum Gasteiger partial charge on any atom is -0.457 e. The molecule has 1 heterocycles. The summed E-state index contributed by atoms with van der Waals surface area (Å²) in [4.78, 5) is 0. The third kappa shape index (κ3) is 2.06. The normalized spacial score (nSPS) is 13.6. The molecule has 0 saturated carbocycles. The fourth-order valence-electron chi connectivity index (χ4n) is 1.93. The third-order valence-corrected chi connectivity index (χ3v) is 3.05. The fourth-order valence-corrected chi connectivity index (χ4v) is 2.10. The number of halogens is 1. The van der Waals surface area contributed by atoms with Crippen LogP contribution >= 0.6 is 11.6 Å². The van der Waals surface area contributed by atoms with Crippen molar-refractivity contribution < 1.29 is 4.74 Å². The topological polar surface area (TPSA) is 9.23 Å². The Labute approximate surface area is 105 Å². The maximum absolute atomic E-state index is 5.97. The summed E-state index contributed by atoms with van der Waals surface area (Å²) in [5.74, 6) is 1.76. The average molecular weight is 243 g/mol. The number of benzene rings is 2. The van der Waals surface area contributed by atoms with Gasteiger partial charge in [0, 0.05) is 10.6 Å². The van der Waals surface area contributed by atoms with E-state index in [0.717, 1.165) is 23.5 Å². The van der Waals surface area contributed by atoms with E-state index in [1.54, 1.807) is 0 Å². The average Bonchev–Trinajstić information content (AvgIpc) is 2.39. The van der Waals surface area contributed by atoms with E-state index < -0.39 is 0 Å². The van der Waals surface area contributed by atoms with E-state index in [2.05, 4.69) is 6.08 Å². The van der Waals surface area contributed by atoms with Gasteiger partial charge in [0.15, 0.2) is 0 Å². The van der Waals surface area contributed by atoms with E-state index in [1.165, 1.54) is 5.56 Å². The first kappa shape index (κ1) is 10.4. The summed E-state index contributed by atoms with van der Waals surface area (Å²) in [6, 6.07) is 15.9. The summed E-state index contributed by atoms with van der Waals surface area (Å²) >= 11 is 5.97. The molecule has 1 aliphatic rings. The van der Waals surface area contributed by atoms with Gasteiger partial charge in [-0.3, -0.25) is 0 Å². The minimum atomic E-state index is 0.707. The first-order valence-corrected chi connectivity index (χ1v) is 5.92. The van der Waals surface area contributed by atoms with Crippen LogP contribution < -0.4 is 4.74 Å². The van der Waals surface area contributed by atoms with E-state index in [0.29, 0.717) is 5.02 Å². The van der Waals surface area contributed by atoms with Gasteiger partial charge in [-0.25, -0.2) is 0 Å². The van der Waals surface area contributed by atoms with Crippen molar-refractivity contribution in [3.8, 4) is 5.75 Å². The summed E-state index contributed by atoms with van der Waals surface area (Å²) in [5.41, 5.74) is 2.27. The molecule has 2 heteroatoms. The Morgan fingerprint density at radius 2 is 1.82 bits per heavy atom. The molecule has 2 aromatic carbocycles. The third-order valence-electron chi connectivity index (χ3n) is 2.81. The lowest BCUT2D eigenvalue weighted by molar-refractivity contribution is 0.498. The molecule has 0 saturated heterocycles. The minimum absolute atomic E-state index is 0.707. The first-order chi connectivity index (χ1) is 8.33. The Bertz CT molecular complexity index is 573. The van der Waals surface area contributed by atoms with E-state index in [9.17, 15) is 0 Å². The highest BCUT2D eigenvalue weighted by Crippen LogP contribution is 2.32. The molecular formula is C15H11ClO. The van der Waals surface area contributed by atoms with Crippen LogP contribution in [-0.2, 0) is 6.42 Å². The van der Waals surface area contributed by atoms with Gasteiger partial charge >= 0.3 is 0 Å². The van der Waals surface area contributed by atoms with Crippen molar-refractivity contribution in [3.05, 3.63) is 70.8 Å². The number of rotatable bonds is 1. The van der Waals surface area contributed by atoms with Gasteiger partial charge in [-0.2, -0.15) is 0 Å². The standard InChI is InChI=1S/C15H11ClO/c16-13-8-6-12-7-9-14(17-15(12)10-13)11-4-2-1-3-5-11/h1-6,8-10H,7H2. The summed E-state index contributed by atoms with van der Waals surface area (Å²) in [6.07, 6.45) is 2.99. The summed E-state index contributed by atoms with van der Waals surface area (Å²) in [5, 5.41) is 0.707. The number of allylic oxidation sites excluding steroid dienone is 1. The second-order valence-corrected chi connectivity index (χ2v) is 4.43. The van der Waals surface area contributed by atoms with Gasteiger partial charge in [0.05, 0.1) is 0 Å². The van der Waals surface area contributed by atoms with Crippen molar-refractivity contribution in [2.75, 3.05) is 0 Å². The molecule has 1 aliphatic heterocycles. The lowest BCUT2D eigenvalue weighted by atomic mass is 10.1. The molecule has 0 atom stereocenters. The number of fused-ring (bicyclic) bond motifs is 1. The Morgan fingerprint density at radius 3 is 2.65 bits per heavy atom. The van der Waals surface area contributed by atoms with Crippen molar-refractivity contribution in [1.29, 1.82) is 0 Å². The molecule has 0 radical (unpaired) electrons. The largest absolute Gasteiger partial charge is 0.457 e. The maximum atomic E-state index is 5.97. The fraction of sp³-hybridized carbons (Fsp3) is 0.0667. The van der Waals surface area contributed by atoms with E-state index >= 15 is 0 Å². The Kier molecular flexibility index (Phi) is 2.62. The molecule has 0 spiro atoms. The molecule has 0 amide bonds. The smallest absolute Gasteiger partial charge is 0.132 e. The van der Waals surface area contributed by atoms with E-state index in [1.807, 2.05) is 48.5 Å². The van der Waals surface area contributed by atoms with Crippen LogP contribution in [-0.4, -0.2) is 0 Å². The molecule has 84 valence electrons. The van der Waals surface area contributed by atoms with Gasteiger partial charge in [0.1, 0.15) is 11.5 Å². The highest BCUT2D eigenvalue weighted by molar-refractivity contribution is 6.30. The Balaban J connectivity index is 1.96. The van der Waals surface area contributed by atoms with E-state index in [-0.39, 0.29) is 0 Å². The molecule has 17 heavy (non-hydrogen) atoms. The summed E-state index contributed by atoms with van der Waals surface area (Å²) < 4.78 is 5.88. The number of hydrogen-bond acceptors (Lipinski definition) is 1. The molecule has 0 aromatic heterocycles. The predicted octanol–water partition coefficient (Wildman–Crippen LogP) is 4.32. The second kappa shape index (κ2) is 4.27. The SMILES string of the molecule is Clc1ccc2c(c1)OC(c1ccccc1)=CC2. The van der Waals surface area contributed by atoms with Crippen LogP contribution in [0.15, 0.2) is 54.6 Å². The number of hydrogen-bond donors (Lipinski definition) is 0. The molecule has 1 nitrogen and oxygen atoms in total. The van der Waals surface area contributed by atoms with Gasteiger partial charge in [-0.1, -0.05) is 48.0 Å². The van der Waals surface area contributed by atoms with Crippen LogP contribution in [0.3, 0.4) is 0 Å². The monoisotopic (exact) mass is 242 g/mol. The van der Waals surface area contributed by atoms with Crippen LogP contribution in [0, 0.1) is 0 Å². The maximum Gasteiger partial charge on any atom is 0.132 e. The molecule has 0 unspecified atom stereocenters. The van der Waals surface area contributed by atoms with Gasteiger partial charge in [-0.15, -0.1) is 0 Å². The zero-order chi connectivity index (χ0) is 11.7. The van der Waals surface area contributed by atoms with Crippen LogP contribution in [0.25, 0.3) is 5.76 Å².